The Morgan fingerprint density at radius 2 is 2.13 bits per heavy atom. The van der Waals surface area contributed by atoms with Gasteiger partial charge in [-0.1, -0.05) is 20.8 Å². The van der Waals surface area contributed by atoms with E-state index in [1.54, 1.807) is 19.5 Å². The number of nitrogens with zero attached hydrogens (tertiary/aromatic N) is 1. The second-order valence-corrected chi connectivity index (χ2v) is 4.58. The smallest absolute Gasteiger partial charge is 0.141 e. The minimum Gasteiger partial charge on any atom is -0.495 e. The van der Waals surface area contributed by atoms with Crippen LogP contribution in [-0.4, -0.2) is 12.1 Å². The predicted molar refractivity (Wildman–Crippen MR) is 60.3 cm³/mol. The number of rotatable bonds is 3. The first-order valence-electron chi connectivity index (χ1n) is 4.94. The maximum Gasteiger partial charge on any atom is 0.141 e. The van der Waals surface area contributed by atoms with Crippen molar-refractivity contribution < 1.29 is 4.74 Å². The van der Waals surface area contributed by atoms with Gasteiger partial charge in [0.05, 0.1) is 19.3 Å². The zero-order valence-electron chi connectivity index (χ0n) is 9.74. The van der Waals surface area contributed by atoms with Crippen LogP contribution < -0.4 is 16.0 Å². The van der Waals surface area contributed by atoms with Crippen LogP contribution in [0.15, 0.2) is 18.5 Å². The number of ether oxygens (including phenoxy) is 1. The number of pyridine rings is 1. The van der Waals surface area contributed by atoms with Crippen molar-refractivity contribution in [3.05, 3.63) is 24.0 Å². The fourth-order valence-electron chi connectivity index (χ4n) is 1.61. The Balaban J connectivity index is 3.12. The van der Waals surface area contributed by atoms with Gasteiger partial charge in [0, 0.05) is 11.8 Å². The number of nitrogens with two attached hydrogens (primary N) is 1. The number of methoxy groups -OCH3 is 1. The van der Waals surface area contributed by atoms with E-state index in [2.05, 4.69) is 31.2 Å². The van der Waals surface area contributed by atoms with E-state index in [0.29, 0.717) is 0 Å². The third kappa shape index (κ3) is 2.67. The van der Waals surface area contributed by atoms with E-state index >= 15 is 0 Å². The van der Waals surface area contributed by atoms with E-state index in [-0.39, 0.29) is 11.5 Å². The fourth-order valence-corrected chi connectivity index (χ4v) is 1.61. The minimum absolute atomic E-state index is 0.0172. The Kier molecular flexibility index (Phi) is 3.66. The van der Waals surface area contributed by atoms with Gasteiger partial charge in [-0.2, -0.15) is 0 Å². The molecule has 1 atom stereocenters. The molecule has 0 radical (unpaired) electrons. The zero-order chi connectivity index (χ0) is 11.5. The first kappa shape index (κ1) is 11.9. The SMILES string of the molecule is COc1cnccc1C(NN)C(C)(C)C. The maximum absolute atomic E-state index is 5.59. The molecule has 4 nitrogen and oxygen atoms in total. The average Bonchev–Trinajstić information content (AvgIpc) is 2.17. The molecule has 0 aromatic carbocycles. The van der Waals surface area contributed by atoms with E-state index in [9.17, 15) is 0 Å². The van der Waals surface area contributed by atoms with Crippen molar-refractivity contribution in [2.24, 2.45) is 11.3 Å². The van der Waals surface area contributed by atoms with Crippen LogP contribution in [0.3, 0.4) is 0 Å². The summed E-state index contributed by atoms with van der Waals surface area (Å²) in [6.07, 6.45) is 3.44. The van der Waals surface area contributed by atoms with Crippen LogP contribution in [0.1, 0.15) is 32.4 Å². The van der Waals surface area contributed by atoms with Gasteiger partial charge in [0.1, 0.15) is 5.75 Å². The second kappa shape index (κ2) is 4.59. The summed E-state index contributed by atoms with van der Waals surface area (Å²) in [5, 5.41) is 0. The molecule has 0 aliphatic rings. The number of aromatic nitrogens is 1. The van der Waals surface area contributed by atoms with Gasteiger partial charge in [-0.05, 0) is 11.5 Å². The van der Waals surface area contributed by atoms with Crippen LogP contribution in [0.5, 0.6) is 5.75 Å². The van der Waals surface area contributed by atoms with Gasteiger partial charge < -0.3 is 4.74 Å². The Morgan fingerprint density at radius 3 is 2.60 bits per heavy atom. The van der Waals surface area contributed by atoms with E-state index in [1.165, 1.54) is 0 Å². The normalized spacial score (nSPS) is 13.7. The maximum atomic E-state index is 5.59. The molecule has 0 aliphatic carbocycles. The highest BCUT2D eigenvalue weighted by atomic mass is 16.5. The van der Waals surface area contributed by atoms with Crippen molar-refractivity contribution in [2.45, 2.75) is 26.8 Å². The van der Waals surface area contributed by atoms with Crippen LogP contribution in [0.4, 0.5) is 0 Å². The summed E-state index contributed by atoms with van der Waals surface area (Å²) in [4.78, 5) is 4.02. The molecule has 0 bridgehead atoms. The van der Waals surface area contributed by atoms with Gasteiger partial charge in [0.2, 0.25) is 0 Å². The van der Waals surface area contributed by atoms with Gasteiger partial charge in [0.25, 0.3) is 0 Å². The summed E-state index contributed by atoms with van der Waals surface area (Å²) >= 11 is 0. The lowest BCUT2D eigenvalue weighted by molar-refractivity contribution is 0.267. The molecule has 4 heteroatoms. The summed E-state index contributed by atoms with van der Waals surface area (Å²) in [6, 6.07) is 1.96. The van der Waals surface area contributed by atoms with Gasteiger partial charge in [0.15, 0.2) is 0 Å². The Hall–Kier alpha value is -1.13. The highest BCUT2D eigenvalue weighted by Gasteiger charge is 2.27. The molecule has 3 N–H and O–H groups in total. The monoisotopic (exact) mass is 209 g/mol. The molecule has 1 aromatic rings. The molecule has 84 valence electrons. The molecule has 1 aromatic heterocycles. The van der Waals surface area contributed by atoms with Crippen molar-refractivity contribution in [1.29, 1.82) is 0 Å². The second-order valence-electron chi connectivity index (χ2n) is 4.58. The zero-order valence-corrected chi connectivity index (χ0v) is 9.74. The van der Waals surface area contributed by atoms with E-state index in [4.69, 9.17) is 10.6 Å². The van der Waals surface area contributed by atoms with Gasteiger partial charge in [-0.3, -0.25) is 16.3 Å². The van der Waals surface area contributed by atoms with Gasteiger partial charge in [-0.25, -0.2) is 0 Å². The van der Waals surface area contributed by atoms with Crippen LogP contribution >= 0.6 is 0 Å². The van der Waals surface area contributed by atoms with E-state index < -0.39 is 0 Å². The largest absolute Gasteiger partial charge is 0.495 e. The number of hydrogen-bond acceptors (Lipinski definition) is 4. The van der Waals surface area contributed by atoms with Gasteiger partial charge in [-0.15, -0.1) is 0 Å². The Morgan fingerprint density at radius 1 is 1.47 bits per heavy atom. The molecule has 1 rings (SSSR count). The Labute approximate surface area is 90.8 Å². The van der Waals surface area contributed by atoms with Gasteiger partial charge >= 0.3 is 0 Å². The molecule has 0 amide bonds. The predicted octanol–water partition coefficient (Wildman–Crippen LogP) is 1.64. The molecule has 0 saturated heterocycles. The molecule has 0 aliphatic heterocycles. The molecule has 0 saturated carbocycles. The van der Waals surface area contributed by atoms with Crippen LogP contribution in [0, 0.1) is 5.41 Å². The highest BCUT2D eigenvalue weighted by molar-refractivity contribution is 5.33. The van der Waals surface area contributed by atoms with Crippen LogP contribution in [-0.2, 0) is 0 Å². The number of hydrazine groups is 1. The summed E-state index contributed by atoms with van der Waals surface area (Å²) in [5.41, 5.74) is 3.87. The Bertz CT molecular complexity index is 320. The van der Waals surface area contributed by atoms with Crippen molar-refractivity contribution >= 4 is 0 Å². The average molecular weight is 209 g/mol. The lowest BCUT2D eigenvalue weighted by Gasteiger charge is -2.31. The molecule has 0 spiro atoms. The minimum atomic E-state index is 0.0172. The molecule has 15 heavy (non-hydrogen) atoms. The quantitative estimate of drug-likeness (QED) is 0.587. The molecular weight excluding hydrogens is 190 g/mol. The van der Waals surface area contributed by atoms with Crippen LogP contribution in [0.2, 0.25) is 0 Å². The first-order valence-corrected chi connectivity index (χ1v) is 4.94. The van der Waals surface area contributed by atoms with Crippen molar-refractivity contribution in [3.8, 4) is 5.75 Å². The molecule has 1 heterocycles. The highest BCUT2D eigenvalue weighted by Crippen LogP contribution is 2.36. The van der Waals surface area contributed by atoms with Crippen molar-refractivity contribution in [2.75, 3.05) is 7.11 Å². The van der Waals surface area contributed by atoms with Crippen molar-refractivity contribution in [3.63, 3.8) is 0 Å². The third-order valence-corrected chi connectivity index (χ3v) is 2.38. The van der Waals surface area contributed by atoms with Crippen molar-refractivity contribution in [1.82, 2.24) is 10.4 Å². The number of nitrogens with one attached hydrogen (secondary N) is 1. The fraction of sp³-hybridized carbons (Fsp3) is 0.545. The number of hydrogen-bond donors (Lipinski definition) is 2. The molecule has 1 unspecified atom stereocenters. The summed E-state index contributed by atoms with van der Waals surface area (Å²) in [5.74, 6) is 6.35. The summed E-state index contributed by atoms with van der Waals surface area (Å²) in [7, 11) is 1.64. The summed E-state index contributed by atoms with van der Waals surface area (Å²) in [6.45, 7) is 6.37. The topological polar surface area (TPSA) is 60.2 Å². The van der Waals surface area contributed by atoms with Crippen LogP contribution in [0.25, 0.3) is 0 Å². The molecular formula is C11H19N3O. The third-order valence-electron chi connectivity index (χ3n) is 2.38. The van der Waals surface area contributed by atoms with E-state index in [0.717, 1.165) is 11.3 Å². The standard InChI is InChI=1S/C11H19N3O/c1-11(2,3)10(14-12)8-5-6-13-7-9(8)15-4/h5-7,10,14H,12H2,1-4H3. The lowest BCUT2D eigenvalue weighted by Crippen LogP contribution is -2.37. The summed E-state index contributed by atoms with van der Waals surface area (Å²) < 4.78 is 5.27. The first-order chi connectivity index (χ1) is 7.00. The van der Waals surface area contributed by atoms with E-state index in [1.807, 2.05) is 6.07 Å². The lowest BCUT2D eigenvalue weighted by atomic mass is 9.83. The molecule has 0 fully saturated rings.